The number of hydrogen-bond acceptors (Lipinski definition) is 4. The Morgan fingerprint density at radius 2 is 2.23 bits per heavy atom. The van der Waals surface area contributed by atoms with Gasteiger partial charge in [-0.25, -0.2) is 0 Å². The van der Waals surface area contributed by atoms with Crippen LogP contribution in [0.4, 0.5) is 0 Å². The summed E-state index contributed by atoms with van der Waals surface area (Å²) in [4.78, 5) is 10.7. The molecule has 0 bridgehead atoms. The number of rotatable bonds is 3. The molecule has 0 aromatic heterocycles. The molecule has 1 aliphatic rings. The minimum Gasteiger partial charge on any atom is -0.383 e. The molecule has 0 aromatic rings. The lowest BCUT2D eigenvalue weighted by molar-refractivity contribution is -0.129. The van der Waals surface area contributed by atoms with E-state index < -0.39 is 12.0 Å². The van der Waals surface area contributed by atoms with Gasteiger partial charge in [0.2, 0.25) is 5.91 Å². The maximum atomic E-state index is 10.7. The predicted octanol–water partition coefficient (Wildman–Crippen LogP) is -1.15. The molecule has 1 fully saturated rings. The third-order valence-electron chi connectivity index (χ3n) is 2.69. The Hall–Kier alpha value is -0.650. The molecule has 6 N–H and O–H groups in total. The normalized spacial score (nSPS) is 31.2. The van der Waals surface area contributed by atoms with Crippen molar-refractivity contribution in [1.82, 2.24) is 5.43 Å². The number of carbonyl (C=O) groups excluding carboxylic acids is 1. The zero-order chi connectivity index (χ0) is 9.84. The van der Waals surface area contributed by atoms with E-state index in [-0.39, 0.29) is 12.0 Å². The van der Waals surface area contributed by atoms with Gasteiger partial charge in [0.1, 0.15) is 6.10 Å². The number of carbonyl (C=O) groups is 1. The molecule has 5 heteroatoms. The first kappa shape index (κ1) is 10.4. The summed E-state index contributed by atoms with van der Waals surface area (Å²) >= 11 is 0. The molecule has 5 nitrogen and oxygen atoms in total. The van der Waals surface area contributed by atoms with Crippen LogP contribution < -0.4 is 17.0 Å². The quantitative estimate of drug-likeness (QED) is 0.331. The van der Waals surface area contributed by atoms with Gasteiger partial charge in [0, 0.05) is 6.04 Å². The molecule has 1 rings (SSSR count). The summed E-state index contributed by atoms with van der Waals surface area (Å²) in [6.45, 7) is 0. The van der Waals surface area contributed by atoms with Gasteiger partial charge in [0.15, 0.2) is 0 Å². The summed E-state index contributed by atoms with van der Waals surface area (Å²) in [5.41, 5.74) is 7.68. The Bertz CT molecular complexity index is 186. The second-order valence-electron chi connectivity index (χ2n) is 3.64. The summed E-state index contributed by atoms with van der Waals surface area (Å²) in [6, 6.07) is 0.202. The van der Waals surface area contributed by atoms with Crippen LogP contribution in [0, 0.1) is 5.92 Å². The number of aliphatic hydroxyl groups is 1. The molecule has 3 unspecified atom stereocenters. The molecule has 3 atom stereocenters. The van der Waals surface area contributed by atoms with E-state index >= 15 is 0 Å². The zero-order valence-corrected chi connectivity index (χ0v) is 7.57. The zero-order valence-electron chi connectivity index (χ0n) is 7.57. The van der Waals surface area contributed by atoms with E-state index in [1.165, 1.54) is 0 Å². The topological polar surface area (TPSA) is 101 Å². The van der Waals surface area contributed by atoms with E-state index in [0.29, 0.717) is 0 Å². The van der Waals surface area contributed by atoms with E-state index in [4.69, 9.17) is 11.6 Å². The minimum atomic E-state index is -1.02. The van der Waals surface area contributed by atoms with Gasteiger partial charge in [-0.3, -0.25) is 16.1 Å². The van der Waals surface area contributed by atoms with Crippen LogP contribution in [0.15, 0.2) is 0 Å². The highest BCUT2D eigenvalue weighted by molar-refractivity contribution is 5.78. The lowest BCUT2D eigenvalue weighted by Gasteiger charge is -2.30. The van der Waals surface area contributed by atoms with Crippen molar-refractivity contribution in [2.24, 2.45) is 17.5 Å². The molecule has 0 heterocycles. The fraction of sp³-hybridized carbons (Fsp3) is 0.875. The van der Waals surface area contributed by atoms with Gasteiger partial charge in [-0.15, -0.1) is 0 Å². The number of nitrogens with two attached hydrogens (primary N) is 2. The van der Waals surface area contributed by atoms with E-state index in [2.05, 4.69) is 5.43 Å². The van der Waals surface area contributed by atoms with Crippen LogP contribution in [0.25, 0.3) is 0 Å². The van der Waals surface area contributed by atoms with Crippen LogP contribution >= 0.6 is 0 Å². The third-order valence-corrected chi connectivity index (χ3v) is 2.69. The Balaban J connectivity index is 2.46. The molecule has 76 valence electrons. The largest absolute Gasteiger partial charge is 0.383 e. The Kier molecular flexibility index (Phi) is 3.65. The van der Waals surface area contributed by atoms with Gasteiger partial charge in [-0.05, 0) is 25.2 Å². The highest BCUT2D eigenvalue weighted by atomic mass is 16.3. The van der Waals surface area contributed by atoms with Gasteiger partial charge < -0.3 is 10.8 Å². The number of primary amides is 1. The SMILES string of the molecule is NNC1CCCC(C(O)C(N)=O)C1. The molecule has 0 radical (unpaired) electrons. The molecule has 0 saturated heterocycles. The van der Waals surface area contributed by atoms with Crippen LogP contribution in [0.5, 0.6) is 0 Å². The average molecular weight is 187 g/mol. The number of hydrazine groups is 1. The van der Waals surface area contributed by atoms with Crippen LogP contribution in [-0.2, 0) is 4.79 Å². The summed E-state index contributed by atoms with van der Waals surface area (Å²) < 4.78 is 0. The summed E-state index contributed by atoms with van der Waals surface area (Å²) in [7, 11) is 0. The van der Waals surface area contributed by atoms with Gasteiger partial charge in [0.05, 0.1) is 0 Å². The lowest BCUT2D eigenvalue weighted by Crippen LogP contribution is -2.44. The minimum absolute atomic E-state index is 0.0349. The Morgan fingerprint density at radius 1 is 1.54 bits per heavy atom. The first-order valence-corrected chi connectivity index (χ1v) is 4.58. The van der Waals surface area contributed by atoms with Crippen molar-refractivity contribution in [1.29, 1.82) is 0 Å². The molecule has 1 saturated carbocycles. The maximum absolute atomic E-state index is 10.7. The second kappa shape index (κ2) is 4.55. The van der Waals surface area contributed by atoms with Crippen molar-refractivity contribution in [3.8, 4) is 0 Å². The van der Waals surface area contributed by atoms with Gasteiger partial charge in [0.25, 0.3) is 0 Å². The standard InChI is InChI=1S/C8H17N3O2/c9-8(13)7(12)5-2-1-3-6(4-5)11-10/h5-7,11-12H,1-4,10H2,(H2,9,13). The van der Waals surface area contributed by atoms with Crippen molar-refractivity contribution in [2.75, 3.05) is 0 Å². The summed E-state index contributed by atoms with van der Waals surface area (Å²) in [5, 5.41) is 9.42. The number of aliphatic hydroxyl groups excluding tert-OH is 1. The highest BCUT2D eigenvalue weighted by Gasteiger charge is 2.29. The fourth-order valence-electron chi connectivity index (χ4n) is 1.90. The molecule has 1 aliphatic carbocycles. The van der Waals surface area contributed by atoms with E-state index in [9.17, 15) is 9.90 Å². The molecular formula is C8H17N3O2. The monoisotopic (exact) mass is 187 g/mol. The average Bonchev–Trinajstić information content (AvgIpc) is 2.16. The highest BCUT2D eigenvalue weighted by Crippen LogP contribution is 2.26. The summed E-state index contributed by atoms with van der Waals surface area (Å²) in [5.74, 6) is 4.62. The van der Waals surface area contributed by atoms with Crippen molar-refractivity contribution < 1.29 is 9.90 Å². The van der Waals surface area contributed by atoms with Gasteiger partial charge in [-0.1, -0.05) is 6.42 Å². The number of nitrogens with one attached hydrogen (secondary N) is 1. The van der Waals surface area contributed by atoms with Gasteiger partial charge >= 0.3 is 0 Å². The molecule has 0 aliphatic heterocycles. The first-order valence-electron chi connectivity index (χ1n) is 4.58. The number of hydrogen-bond donors (Lipinski definition) is 4. The Labute approximate surface area is 77.4 Å². The van der Waals surface area contributed by atoms with Crippen LogP contribution in [-0.4, -0.2) is 23.2 Å². The summed E-state index contributed by atoms with van der Waals surface area (Å²) in [6.07, 6.45) is 2.53. The van der Waals surface area contributed by atoms with Gasteiger partial charge in [-0.2, -0.15) is 0 Å². The Morgan fingerprint density at radius 3 is 2.77 bits per heavy atom. The predicted molar refractivity (Wildman–Crippen MR) is 48.3 cm³/mol. The van der Waals surface area contributed by atoms with Crippen molar-refractivity contribution in [3.05, 3.63) is 0 Å². The van der Waals surface area contributed by atoms with Crippen molar-refractivity contribution in [2.45, 2.75) is 37.8 Å². The molecule has 1 amide bonds. The van der Waals surface area contributed by atoms with Crippen LogP contribution in [0.1, 0.15) is 25.7 Å². The number of amides is 1. The van der Waals surface area contributed by atoms with E-state index in [1.807, 2.05) is 0 Å². The van der Waals surface area contributed by atoms with E-state index in [0.717, 1.165) is 25.7 Å². The van der Waals surface area contributed by atoms with Crippen LogP contribution in [0.2, 0.25) is 0 Å². The fourth-order valence-corrected chi connectivity index (χ4v) is 1.90. The lowest BCUT2D eigenvalue weighted by atomic mass is 9.82. The van der Waals surface area contributed by atoms with Crippen molar-refractivity contribution in [3.63, 3.8) is 0 Å². The second-order valence-corrected chi connectivity index (χ2v) is 3.64. The first-order chi connectivity index (χ1) is 6.15. The molecule has 0 aromatic carbocycles. The van der Waals surface area contributed by atoms with E-state index in [1.54, 1.807) is 0 Å². The van der Waals surface area contributed by atoms with Crippen LogP contribution in [0.3, 0.4) is 0 Å². The molecule has 13 heavy (non-hydrogen) atoms. The molecule has 0 spiro atoms. The smallest absolute Gasteiger partial charge is 0.246 e. The maximum Gasteiger partial charge on any atom is 0.246 e. The molecular weight excluding hydrogens is 170 g/mol. The third kappa shape index (κ3) is 2.65. The van der Waals surface area contributed by atoms with Crippen molar-refractivity contribution >= 4 is 5.91 Å².